The summed E-state index contributed by atoms with van der Waals surface area (Å²) in [4.78, 5) is 17.9. The molecule has 1 N–H and O–H groups in total. The van der Waals surface area contributed by atoms with Crippen molar-refractivity contribution in [3.05, 3.63) is 65.9 Å². The summed E-state index contributed by atoms with van der Waals surface area (Å²) < 4.78 is 18.4. The summed E-state index contributed by atoms with van der Waals surface area (Å²) in [5.74, 6) is -0.268. The van der Waals surface area contributed by atoms with Crippen LogP contribution in [0.25, 0.3) is 10.9 Å². The van der Waals surface area contributed by atoms with Gasteiger partial charge in [0, 0.05) is 41.8 Å². The number of nitrogens with zero attached hydrogens (tertiary/aromatic N) is 1. The van der Waals surface area contributed by atoms with Crippen molar-refractivity contribution in [2.45, 2.75) is 18.9 Å². The molecule has 1 unspecified atom stereocenters. The van der Waals surface area contributed by atoms with E-state index in [1.807, 2.05) is 18.2 Å². The molecule has 5 heteroatoms. The Hall–Kier alpha value is -2.69. The van der Waals surface area contributed by atoms with Gasteiger partial charge in [-0.05, 0) is 42.0 Å². The number of aromatic amines is 1. The molecule has 2 aromatic heterocycles. The van der Waals surface area contributed by atoms with Crippen molar-refractivity contribution in [1.29, 1.82) is 0 Å². The van der Waals surface area contributed by atoms with Crippen LogP contribution in [-0.2, 0) is 22.4 Å². The van der Waals surface area contributed by atoms with E-state index in [-0.39, 0.29) is 11.9 Å². The van der Waals surface area contributed by atoms with E-state index in [0.717, 1.165) is 22.2 Å². The number of nitrogens with one attached hydrogen (secondary N) is 1. The number of rotatable bonds is 6. The fourth-order valence-corrected chi connectivity index (χ4v) is 2.55. The normalized spacial score (nSPS) is 12.2. The summed E-state index contributed by atoms with van der Waals surface area (Å²) in [6, 6.07) is 10.3. The average Bonchev–Trinajstić information content (AvgIpc) is 2.90. The van der Waals surface area contributed by atoms with Gasteiger partial charge in [-0.1, -0.05) is 0 Å². The van der Waals surface area contributed by atoms with Gasteiger partial charge in [0.05, 0.1) is 0 Å². The van der Waals surface area contributed by atoms with Crippen molar-refractivity contribution in [3.63, 3.8) is 0 Å². The minimum Gasteiger partial charge on any atom is -0.464 e. The average molecular weight is 298 g/mol. The van der Waals surface area contributed by atoms with Crippen LogP contribution >= 0.6 is 0 Å². The molecule has 0 saturated heterocycles. The first-order chi connectivity index (χ1) is 10.7. The van der Waals surface area contributed by atoms with Crippen molar-refractivity contribution in [2.24, 2.45) is 0 Å². The van der Waals surface area contributed by atoms with Crippen LogP contribution < -0.4 is 0 Å². The van der Waals surface area contributed by atoms with E-state index in [0.29, 0.717) is 19.3 Å². The standard InChI is InChI=1S/C17H15FN2O2/c18-14-1-2-17-13(8-14)9-15(20-17)10-16(22-11-21)7-12-3-5-19-6-4-12/h1-6,8-9,11,16,20H,7,10H2. The van der Waals surface area contributed by atoms with E-state index in [2.05, 4.69) is 9.97 Å². The second-order valence-electron chi connectivity index (χ2n) is 5.14. The van der Waals surface area contributed by atoms with E-state index < -0.39 is 0 Å². The molecule has 3 rings (SSSR count). The highest BCUT2D eigenvalue weighted by Gasteiger charge is 2.13. The van der Waals surface area contributed by atoms with Gasteiger partial charge in [0.25, 0.3) is 6.47 Å². The van der Waals surface area contributed by atoms with Gasteiger partial charge in [-0.15, -0.1) is 0 Å². The van der Waals surface area contributed by atoms with Crippen LogP contribution in [0.4, 0.5) is 4.39 Å². The SMILES string of the molecule is O=COC(Cc1ccncc1)Cc1cc2cc(F)ccc2[nH]1. The highest BCUT2D eigenvalue weighted by Crippen LogP contribution is 2.19. The smallest absolute Gasteiger partial charge is 0.293 e. The zero-order chi connectivity index (χ0) is 15.4. The topological polar surface area (TPSA) is 55.0 Å². The summed E-state index contributed by atoms with van der Waals surface area (Å²) in [5, 5.41) is 0.809. The van der Waals surface area contributed by atoms with Gasteiger partial charge < -0.3 is 9.72 Å². The van der Waals surface area contributed by atoms with E-state index in [1.54, 1.807) is 18.5 Å². The van der Waals surface area contributed by atoms with Gasteiger partial charge in [0.15, 0.2) is 0 Å². The van der Waals surface area contributed by atoms with Gasteiger partial charge in [-0.3, -0.25) is 9.78 Å². The van der Waals surface area contributed by atoms with Gasteiger partial charge in [0.1, 0.15) is 11.9 Å². The number of hydrogen-bond acceptors (Lipinski definition) is 3. The predicted molar refractivity (Wildman–Crippen MR) is 80.8 cm³/mol. The van der Waals surface area contributed by atoms with Crippen LogP contribution in [0.5, 0.6) is 0 Å². The number of carbonyl (C=O) groups is 1. The molecule has 0 aliphatic rings. The number of fused-ring (bicyclic) bond motifs is 1. The monoisotopic (exact) mass is 298 g/mol. The van der Waals surface area contributed by atoms with Crippen LogP contribution in [-0.4, -0.2) is 22.5 Å². The van der Waals surface area contributed by atoms with Crippen molar-refractivity contribution in [1.82, 2.24) is 9.97 Å². The molecule has 4 nitrogen and oxygen atoms in total. The van der Waals surface area contributed by atoms with Crippen molar-refractivity contribution in [2.75, 3.05) is 0 Å². The van der Waals surface area contributed by atoms with Crippen molar-refractivity contribution in [3.8, 4) is 0 Å². The molecule has 3 aromatic rings. The molecule has 2 heterocycles. The molecule has 0 aliphatic carbocycles. The van der Waals surface area contributed by atoms with Gasteiger partial charge in [-0.2, -0.15) is 0 Å². The lowest BCUT2D eigenvalue weighted by Gasteiger charge is -2.14. The number of carbonyl (C=O) groups excluding carboxylic acids is 1. The number of H-pyrrole nitrogens is 1. The molecule has 0 radical (unpaired) electrons. The number of ether oxygens (including phenoxy) is 1. The number of hydrogen-bond donors (Lipinski definition) is 1. The highest BCUT2D eigenvalue weighted by molar-refractivity contribution is 5.80. The maximum atomic E-state index is 13.2. The van der Waals surface area contributed by atoms with E-state index in [4.69, 9.17) is 4.74 Å². The fourth-order valence-electron chi connectivity index (χ4n) is 2.55. The van der Waals surface area contributed by atoms with Crippen molar-refractivity contribution < 1.29 is 13.9 Å². The molecule has 1 aromatic carbocycles. The molecule has 0 spiro atoms. The molecule has 0 fully saturated rings. The molecule has 112 valence electrons. The second kappa shape index (κ2) is 6.39. The van der Waals surface area contributed by atoms with Gasteiger partial charge >= 0.3 is 0 Å². The molecular formula is C17H15FN2O2. The summed E-state index contributed by atoms with van der Waals surface area (Å²) in [5.41, 5.74) is 2.82. The Morgan fingerprint density at radius 1 is 1.18 bits per heavy atom. The Morgan fingerprint density at radius 3 is 2.77 bits per heavy atom. The lowest BCUT2D eigenvalue weighted by molar-refractivity contribution is -0.133. The summed E-state index contributed by atoms with van der Waals surface area (Å²) in [7, 11) is 0. The predicted octanol–water partition coefficient (Wildman–Crippen LogP) is 3.03. The second-order valence-corrected chi connectivity index (χ2v) is 5.14. The molecule has 0 aliphatic heterocycles. The van der Waals surface area contributed by atoms with Crippen molar-refractivity contribution >= 4 is 17.4 Å². The Bertz CT molecular complexity index is 771. The lowest BCUT2D eigenvalue weighted by Crippen LogP contribution is -2.18. The Balaban J connectivity index is 1.78. The molecule has 0 saturated carbocycles. The minimum atomic E-state index is -0.280. The van der Waals surface area contributed by atoms with E-state index >= 15 is 0 Å². The minimum absolute atomic E-state index is 0.268. The van der Waals surface area contributed by atoms with Crippen LogP contribution in [0.2, 0.25) is 0 Å². The molecule has 22 heavy (non-hydrogen) atoms. The first-order valence-corrected chi connectivity index (χ1v) is 7.00. The van der Waals surface area contributed by atoms with E-state index in [1.165, 1.54) is 12.1 Å². The maximum Gasteiger partial charge on any atom is 0.293 e. The zero-order valence-corrected chi connectivity index (χ0v) is 11.8. The largest absolute Gasteiger partial charge is 0.464 e. The molecule has 0 amide bonds. The fraction of sp³-hybridized carbons (Fsp3) is 0.176. The summed E-state index contributed by atoms with van der Waals surface area (Å²) >= 11 is 0. The molecule has 0 bridgehead atoms. The van der Waals surface area contributed by atoms with E-state index in [9.17, 15) is 9.18 Å². The number of halogens is 1. The van der Waals surface area contributed by atoms with Crippen LogP contribution in [0, 0.1) is 5.82 Å². The number of aromatic nitrogens is 2. The Morgan fingerprint density at radius 2 is 2.00 bits per heavy atom. The Labute approximate surface area is 126 Å². The third kappa shape index (κ3) is 3.31. The Kier molecular flexibility index (Phi) is 4.14. The maximum absolute atomic E-state index is 13.2. The quantitative estimate of drug-likeness (QED) is 0.712. The third-order valence-electron chi connectivity index (χ3n) is 3.55. The highest BCUT2D eigenvalue weighted by atomic mass is 19.1. The molecular weight excluding hydrogens is 283 g/mol. The lowest BCUT2D eigenvalue weighted by atomic mass is 10.1. The number of pyridine rings is 1. The third-order valence-corrected chi connectivity index (χ3v) is 3.55. The summed E-state index contributed by atoms with van der Waals surface area (Å²) in [6.45, 7) is 0.466. The summed E-state index contributed by atoms with van der Waals surface area (Å²) in [6.07, 6.45) is 4.28. The van der Waals surface area contributed by atoms with Gasteiger partial charge in [0.2, 0.25) is 0 Å². The first kappa shape index (κ1) is 14.3. The molecule has 1 atom stereocenters. The zero-order valence-electron chi connectivity index (χ0n) is 11.8. The van der Waals surface area contributed by atoms with Crippen LogP contribution in [0.15, 0.2) is 48.8 Å². The number of benzene rings is 1. The van der Waals surface area contributed by atoms with Crippen LogP contribution in [0.3, 0.4) is 0 Å². The van der Waals surface area contributed by atoms with Gasteiger partial charge in [-0.25, -0.2) is 4.39 Å². The van der Waals surface area contributed by atoms with Crippen LogP contribution in [0.1, 0.15) is 11.3 Å². The first-order valence-electron chi connectivity index (χ1n) is 7.00.